The minimum absolute atomic E-state index is 0. The first kappa shape index (κ1) is 84.9. The van der Waals surface area contributed by atoms with Crippen molar-refractivity contribution in [3.63, 3.8) is 0 Å². The lowest BCUT2D eigenvalue weighted by Crippen LogP contribution is -2.47. The van der Waals surface area contributed by atoms with Crippen LogP contribution in [0.2, 0.25) is 20.1 Å². The predicted octanol–water partition coefficient (Wildman–Crippen LogP) is 14.5. The summed E-state index contributed by atoms with van der Waals surface area (Å²) >= 11 is 24.3. The lowest BCUT2D eigenvalue weighted by molar-refractivity contribution is -0.159. The van der Waals surface area contributed by atoms with Gasteiger partial charge in [-0.1, -0.05) is 60.3 Å². The molecule has 4 atom stereocenters. The number of esters is 1. The first-order valence-corrected chi connectivity index (χ1v) is 39.5. The molecule has 0 aliphatic carbocycles. The van der Waals surface area contributed by atoms with Crippen LogP contribution in [0.1, 0.15) is 94.7 Å². The number of carbonyl (C=O) groups is 5. The van der Waals surface area contributed by atoms with E-state index < -0.39 is 42.5 Å². The summed E-state index contributed by atoms with van der Waals surface area (Å²) in [6.45, 7) is 13.9. The topological polar surface area (TPSA) is 347 Å². The minimum Gasteiger partial charge on any atom is -0.462 e. The molecule has 12 aromatic heterocycles. The lowest BCUT2D eigenvalue weighted by Gasteiger charge is -2.30. The van der Waals surface area contributed by atoms with Gasteiger partial charge in [0, 0.05) is 184 Å². The molecule has 0 aromatic carbocycles. The molecule has 3 aliphatic heterocycles. The molecule has 38 heteroatoms. The van der Waals surface area contributed by atoms with Gasteiger partial charge >= 0.3 is 12.1 Å². The van der Waals surface area contributed by atoms with Gasteiger partial charge in [0.25, 0.3) is 0 Å². The van der Waals surface area contributed by atoms with Crippen LogP contribution in [-0.2, 0) is 23.9 Å². The molecule has 0 unspecified atom stereocenters. The molecule has 0 spiro atoms. The number of hydrogen-bond donors (Lipinski definition) is 5. The fraction of sp³-hybridized carbons (Fsp3) is 0.380. The maximum Gasteiger partial charge on any atom is 0.406 e. The van der Waals surface area contributed by atoms with Gasteiger partial charge in [-0.15, -0.1) is 0 Å². The average Bonchev–Trinajstić information content (AvgIpc) is 1.61. The third-order valence-electron chi connectivity index (χ3n) is 20.3. The number of aromatic nitrogens is 16. The highest BCUT2D eigenvalue weighted by atomic mass is 35.5. The van der Waals surface area contributed by atoms with E-state index in [1.807, 2.05) is 72.3 Å². The van der Waals surface area contributed by atoms with E-state index in [0.717, 1.165) is 83.4 Å². The van der Waals surface area contributed by atoms with E-state index in [9.17, 15) is 41.5 Å². The number of nitrogens with zero attached hydrogens (tertiary/aromatic N) is 19. The van der Waals surface area contributed by atoms with Crippen molar-refractivity contribution < 1.29 is 50.6 Å². The maximum atomic E-state index is 14.6. The van der Waals surface area contributed by atoms with Gasteiger partial charge in [0.05, 0.1) is 32.9 Å². The monoisotopic (exact) mass is 1690 g/mol. The Bertz CT molecular complexity index is 5590. The zero-order valence-corrected chi connectivity index (χ0v) is 68.7. The van der Waals surface area contributed by atoms with Gasteiger partial charge in [-0.3, -0.25) is 19.2 Å². The van der Waals surface area contributed by atoms with E-state index in [1.165, 1.54) is 12.4 Å². The van der Waals surface area contributed by atoms with Gasteiger partial charge in [-0.25, -0.2) is 69.0 Å². The molecule has 12 aromatic rings. The summed E-state index contributed by atoms with van der Waals surface area (Å²) in [5.74, 6) is 1.65. The third-order valence-corrected chi connectivity index (χ3v) is 21.1. The SMILES string of the molecule is CCN(C)C(=O)[C@H](Nc1ccnc(-c2c[nH]c3ncc(Cl)cc23)n1)C(C)C.CCN(C)C(=O)[C@H]1CCCN1c1ccnc(-c2c[nH]c3ncc(Cl)cc23)n1.CCN(C)C(=O)[C@H]1CCCN1c1nc(-c2c[nH]c3ncc(Cl)cc23)ncc1F.CCOC(=O)c1cnc(-c2c[nH]c3ncc(Cl)cc23)nc1N1CCC[C@@H]1C(=O)N(C)CC(F)(F)F.[HH].[HH].[HH]. The number of carbonyl (C=O) groups excluding carboxylic acids is 5. The van der Waals surface area contributed by atoms with Gasteiger partial charge in [0.1, 0.15) is 76.3 Å². The van der Waals surface area contributed by atoms with Crippen LogP contribution in [0.15, 0.2) is 111 Å². The highest BCUT2D eigenvalue weighted by molar-refractivity contribution is 6.32. The first-order chi connectivity index (χ1) is 56.1. The van der Waals surface area contributed by atoms with Crippen molar-refractivity contribution in [1.29, 1.82) is 0 Å². The van der Waals surface area contributed by atoms with Gasteiger partial charge < -0.3 is 64.3 Å². The van der Waals surface area contributed by atoms with Crippen LogP contribution in [-0.4, -0.2) is 240 Å². The molecule has 5 N–H and O–H groups in total. The molecule has 0 bridgehead atoms. The minimum atomic E-state index is -4.53. The molecule has 0 radical (unpaired) electrons. The molecular weight excluding hydrogens is 1600 g/mol. The number of likely N-dealkylation sites (N-methyl/N-ethyl adjacent to an activating group) is 4. The summed E-state index contributed by atoms with van der Waals surface area (Å²) in [5.41, 5.74) is 5.56. The summed E-state index contributed by atoms with van der Waals surface area (Å²) in [6.07, 6.45) is 18.7. The molecule has 15 heterocycles. The van der Waals surface area contributed by atoms with Gasteiger partial charge in [0.2, 0.25) is 23.6 Å². The first-order valence-electron chi connectivity index (χ1n) is 37.9. The fourth-order valence-corrected chi connectivity index (χ4v) is 14.6. The van der Waals surface area contributed by atoms with E-state index in [1.54, 1.807) is 107 Å². The predicted molar refractivity (Wildman–Crippen MR) is 448 cm³/mol. The highest BCUT2D eigenvalue weighted by Crippen LogP contribution is 2.38. The molecule has 3 saturated heterocycles. The largest absolute Gasteiger partial charge is 0.462 e. The molecule has 0 saturated carbocycles. The highest BCUT2D eigenvalue weighted by Gasteiger charge is 2.41. The van der Waals surface area contributed by atoms with Crippen molar-refractivity contribution in [2.24, 2.45) is 5.92 Å². The summed E-state index contributed by atoms with van der Waals surface area (Å²) in [7, 11) is 6.50. The Morgan fingerprint density at radius 2 is 0.915 bits per heavy atom. The second kappa shape index (κ2) is 37.2. The van der Waals surface area contributed by atoms with Crippen LogP contribution < -0.4 is 20.0 Å². The standard InChI is InChI=1S/C22H22ClF3N6O3.C19H20ClFN6O.C19H21ClN6O.C19H23ClN6O.3H2/c1-3-35-21(34)15-10-29-18(14-9-28-17-13(14)7-12(23)8-27-17)30-19(15)32-6-4-5-16(32)20(33)31(2)11-22(24,25)26;1-3-26(2)19(28)15-5-4-6-27(15)18-14(21)10-24-17(25-18)13-9-23-16-12(13)7-11(20)8-22-16;1-3-25(2)19(27)15-5-4-8-26(15)16-6-7-21-18(24-16)14-11-23-17-13(14)9-12(20)10-22-17;1-5-26(4)19(27)16(11(2)3)24-15-6-7-21-18(25-15)14-10-23-17-13(14)8-12(20)9-22-17;;;/h7-10,16H,3-6,11H2,1-2H3,(H,27,28);7-10,15H,3-6H2,1-2H3,(H,22,23);6-7,9-11,15H,3-5,8H2,1-2H3,(H,22,23);6-11,16H,5H2,1-4H3,(H,22,23)(H,21,24,25);3*1H/t16-;2*15-;16-;;;/m1111.../s1. The Labute approximate surface area is 694 Å². The smallest absolute Gasteiger partial charge is 0.406 e. The molecule has 30 nitrogen and oxygen atoms in total. The third kappa shape index (κ3) is 19.3. The molecule has 620 valence electrons. The van der Waals surface area contributed by atoms with Crippen LogP contribution in [0.3, 0.4) is 0 Å². The van der Waals surface area contributed by atoms with E-state index in [-0.39, 0.29) is 69.6 Å². The van der Waals surface area contributed by atoms with Crippen LogP contribution in [0, 0.1) is 11.7 Å². The van der Waals surface area contributed by atoms with E-state index >= 15 is 0 Å². The summed E-state index contributed by atoms with van der Waals surface area (Å²) < 4.78 is 58.4. The number of hydrogen-bond acceptors (Lipinski definition) is 22. The summed E-state index contributed by atoms with van der Waals surface area (Å²) in [4.78, 5) is 140. The number of anilines is 4. The number of pyridine rings is 4. The van der Waals surface area contributed by atoms with E-state index in [2.05, 4.69) is 85.0 Å². The number of amides is 4. The van der Waals surface area contributed by atoms with Crippen molar-refractivity contribution in [2.45, 2.75) is 110 Å². The van der Waals surface area contributed by atoms with Gasteiger partial charge in [0.15, 0.2) is 34.9 Å². The Balaban J connectivity index is 0.000000182. The number of ether oxygens (including phenoxy) is 1. The molecule has 117 heavy (non-hydrogen) atoms. The zero-order chi connectivity index (χ0) is 83.7. The number of alkyl halides is 3. The second-order valence-electron chi connectivity index (χ2n) is 28.3. The van der Waals surface area contributed by atoms with Crippen LogP contribution in [0.5, 0.6) is 0 Å². The Morgan fingerprint density at radius 1 is 0.521 bits per heavy atom. The molecule has 3 aliphatic rings. The van der Waals surface area contributed by atoms with Gasteiger partial charge in [-0.2, -0.15) is 13.2 Å². The number of H-pyrrole nitrogens is 4. The van der Waals surface area contributed by atoms with Crippen LogP contribution in [0.4, 0.5) is 40.8 Å². The van der Waals surface area contributed by atoms with Crippen molar-refractivity contribution >= 4 is 143 Å². The molecule has 15 rings (SSSR count). The number of halogens is 8. The maximum absolute atomic E-state index is 14.6. The summed E-state index contributed by atoms with van der Waals surface area (Å²) in [5, 5.41) is 8.38. The second-order valence-corrected chi connectivity index (χ2v) is 30.1. The van der Waals surface area contributed by atoms with Gasteiger partial charge in [-0.05, 0) is 109 Å². The lowest BCUT2D eigenvalue weighted by atomic mass is 10.0. The Kier molecular flexibility index (Phi) is 27.0. The quantitative estimate of drug-likeness (QED) is 0.0349. The molecule has 4 amide bonds. The van der Waals surface area contributed by atoms with Crippen LogP contribution >= 0.6 is 46.4 Å². The number of aromatic amines is 4. The summed E-state index contributed by atoms with van der Waals surface area (Å²) in [6, 6.07) is 8.89. The van der Waals surface area contributed by atoms with Crippen molar-refractivity contribution in [2.75, 3.05) is 101 Å². The van der Waals surface area contributed by atoms with Crippen molar-refractivity contribution in [1.82, 2.24) is 99.3 Å². The van der Waals surface area contributed by atoms with Crippen molar-refractivity contribution in [3.8, 4) is 45.6 Å². The van der Waals surface area contributed by atoms with Crippen LogP contribution in [0.25, 0.3) is 89.7 Å². The Morgan fingerprint density at radius 3 is 1.35 bits per heavy atom. The number of fused-ring (bicyclic) bond motifs is 4. The molecule has 3 fully saturated rings. The molecular formula is C79H92Cl4F4N24O6. The Hall–Kier alpha value is -11.5. The zero-order valence-electron chi connectivity index (χ0n) is 65.6. The fourth-order valence-electron chi connectivity index (χ4n) is 14.0. The van der Waals surface area contributed by atoms with E-state index in [4.69, 9.17) is 56.1 Å². The van der Waals surface area contributed by atoms with Crippen molar-refractivity contribution in [3.05, 3.63) is 142 Å². The average molecular weight is 1690 g/mol. The normalized spacial score (nSPS) is 15.5. The van der Waals surface area contributed by atoms with E-state index in [0.29, 0.717) is 128 Å². The number of rotatable bonds is 20. The number of nitrogens with one attached hydrogen (secondary N) is 5.